The average Bonchev–Trinajstić information content (AvgIpc) is 3.42. The fraction of sp³-hybridized carbons (Fsp3) is 0.261. The number of para-hydroxylation sites is 1. The van der Waals surface area contributed by atoms with Gasteiger partial charge in [-0.25, -0.2) is 4.98 Å². The fourth-order valence-electron chi connectivity index (χ4n) is 4.06. The van der Waals surface area contributed by atoms with Crippen molar-refractivity contribution in [3.63, 3.8) is 0 Å². The summed E-state index contributed by atoms with van der Waals surface area (Å²) >= 11 is 6.26. The zero-order valence-corrected chi connectivity index (χ0v) is 17.1. The number of hydrogen-bond donors (Lipinski definition) is 1. The van der Waals surface area contributed by atoms with Gasteiger partial charge >= 0.3 is 0 Å². The molecule has 1 N–H and O–H groups in total. The van der Waals surface area contributed by atoms with Crippen LogP contribution in [0.5, 0.6) is 0 Å². The number of oxazole rings is 1. The Morgan fingerprint density at radius 2 is 2.03 bits per heavy atom. The molecule has 2 aromatic heterocycles. The summed E-state index contributed by atoms with van der Waals surface area (Å²) in [6.07, 6.45) is 4.21. The minimum absolute atomic E-state index is 0.0556. The highest BCUT2D eigenvalue weighted by molar-refractivity contribution is 6.31. The average molecular weight is 421 g/mol. The maximum atomic E-state index is 13.1. The molecule has 2 aromatic carbocycles. The van der Waals surface area contributed by atoms with Crippen molar-refractivity contribution in [2.75, 3.05) is 13.1 Å². The SMILES string of the molecule is O=C(c1n[nH]c2ccccc12)N1CCC[C@H](c2ncc(Cc3ccccc3Cl)o2)C1. The van der Waals surface area contributed by atoms with Crippen molar-refractivity contribution >= 4 is 28.4 Å². The molecule has 6 nitrogen and oxygen atoms in total. The van der Waals surface area contributed by atoms with E-state index in [1.165, 1.54) is 0 Å². The predicted molar refractivity (Wildman–Crippen MR) is 115 cm³/mol. The zero-order chi connectivity index (χ0) is 20.5. The van der Waals surface area contributed by atoms with Crippen LogP contribution in [-0.2, 0) is 6.42 Å². The van der Waals surface area contributed by atoms with Crippen molar-refractivity contribution in [1.82, 2.24) is 20.1 Å². The third-order valence-corrected chi connectivity index (χ3v) is 5.99. The highest BCUT2D eigenvalue weighted by Gasteiger charge is 2.30. The Morgan fingerprint density at radius 3 is 2.93 bits per heavy atom. The topological polar surface area (TPSA) is 75.0 Å². The molecular formula is C23H21ClN4O2. The molecule has 1 fully saturated rings. The van der Waals surface area contributed by atoms with E-state index in [1.807, 2.05) is 53.4 Å². The van der Waals surface area contributed by atoms with Crippen molar-refractivity contribution in [3.05, 3.63) is 82.7 Å². The van der Waals surface area contributed by atoms with E-state index in [1.54, 1.807) is 6.20 Å². The van der Waals surface area contributed by atoms with Crippen molar-refractivity contribution in [3.8, 4) is 0 Å². The van der Waals surface area contributed by atoms with Gasteiger partial charge in [0.25, 0.3) is 5.91 Å². The molecule has 4 aromatic rings. The van der Waals surface area contributed by atoms with Gasteiger partial charge in [0.1, 0.15) is 5.76 Å². The molecule has 1 amide bonds. The molecule has 3 heterocycles. The van der Waals surface area contributed by atoms with Crippen molar-refractivity contribution in [2.24, 2.45) is 0 Å². The number of nitrogens with zero attached hydrogens (tertiary/aromatic N) is 3. The van der Waals surface area contributed by atoms with Gasteiger partial charge in [-0.15, -0.1) is 0 Å². The van der Waals surface area contributed by atoms with E-state index >= 15 is 0 Å². The van der Waals surface area contributed by atoms with Gasteiger partial charge in [-0.1, -0.05) is 48.0 Å². The molecule has 30 heavy (non-hydrogen) atoms. The number of carbonyl (C=O) groups excluding carboxylic acids is 1. The number of amides is 1. The molecule has 0 aliphatic carbocycles. The maximum Gasteiger partial charge on any atom is 0.275 e. The molecule has 152 valence electrons. The molecule has 5 rings (SSSR count). The Balaban J connectivity index is 1.32. The number of fused-ring (bicyclic) bond motifs is 1. The van der Waals surface area contributed by atoms with E-state index in [-0.39, 0.29) is 11.8 Å². The fourth-order valence-corrected chi connectivity index (χ4v) is 4.26. The number of nitrogens with one attached hydrogen (secondary N) is 1. The molecule has 1 aliphatic rings. The summed E-state index contributed by atoms with van der Waals surface area (Å²) in [6, 6.07) is 15.4. The van der Waals surface area contributed by atoms with E-state index in [4.69, 9.17) is 16.0 Å². The van der Waals surface area contributed by atoms with Gasteiger partial charge in [-0.3, -0.25) is 9.89 Å². The predicted octanol–water partition coefficient (Wildman–Crippen LogP) is 4.81. The Labute approximate surface area is 178 Å². The van der Waals surface area contributed by atoms with Crippen LogP contribution in [0.15, 0.2) is 59.1 Å². The smallest absolute Gasteiger partial charge is 0.275 e. The van der Waals surface area contributed by atoms with Crippen LogP contribution in [0.25, 0.3) is 10.9 Å². The zero-order valence-electron chi connectivity index (χ0n) is 16.3. The number of aromatic nitrogens is 3. The lowest BCUT2D eigenvalue weighted by Gasteiger charge is -2.30. The number of rotatable bonds is 4. The quantitative estimate of drug-likeness (QED) is 0.513. The summed E-state index contributed by atoms with van der Waals surface area (Å²) in [7, 11) is 0. The maximum absolute atomic E-state index is 13.1. The first-order valence-electron chi connectivity index (χ1n) is 10.1. The third kappa shape index (κ3) is 3.59. The lowest BCUT2D eigenvalue weighted by Crippen LogP contribution is -2.39. The van der Waals surface area contributed by atoms with E-state index < -0.39 is 0 Å². The monoisotopic (exact) mass is 420 g/mol. The van der Waals surface area contributed by atoms with Gasteiger partial charge < -0.3 is 9.32 Å². The number of piperidine rings is 1. The number of hydrogen-bond acceptors (Lipinski definition) is 4. The van der Waals surface area contributed by atoms with Crippen LogP contribution in [0.1, 0.15) is 46.5 Å². The Bertz CT molecular complexity index is 1200. The molecule has 0 spiro atoms. The standard InChI is InChI=1S/C23H21ClN4O2/c24-19-9-3-1-6-15(19)12-17-13-25-22(30-17)16-7-5-11-28(14-16)23(29)21-18-8-2-4-10-20(18)26-27-21/h1-4,6,8-10,13,16H,5,7,11-12,14H2,(H,26,27)/t16-/m0/s1. The minimum atomic E-state index is -0.0556. The van der Waals surface area contributed by atoms with Gasteiger partial charge in [0.05, 0.1) is 17.6 Å². The number of halogens is 1. The van der Waals surface area contributed by atoms with Crippen LogP contribution in [0.4, 0.5) is 0 Å². The molecule has 7 heteroatoms. The first kappa shape index (κ1) is 18.9. The van der Waals surface area contributed by atoms with Gasteiger partial charge in [0, 0.05) is 29.9 Å². The molecule has 0 unspecified atom stereocenters. The van der Waals surface area contributed by atoms with Crippen LogP contribution >= 0.6 is 11.6 Å². The molecule has 0 saturated carbocycles. The Kier molecular flexibility index (Phi) is 5.01. The second-order valence-electron chi connectivity index (χ2n) is 7.64. The number of aromatic amines is 1. The van der Waals surface area contributed by atoms with Crippen LogP contribution in [0.2, 0.25) is 5.02 Å². The summed E-state index contributed by atoms with van der Waals surface area (Å²) < 4.78 is 6.04. The molecule has 1 aliphatic heterocycles. The summed E-state index contributed by atoms with van der Waals surface area (Å²) in [4.78, 5) is 19.5. The largest absolute Gasteiger partial charge is 0.445 e. The summed E-state index contributed by atoms with van der Waals surface area (Å²) in [5, 5.41) is 8.77. The summed E-state index contributed by atoms with van der Waals surface area (Å²) in [5.41, 5.74) is 2.34. The van der Waals surface area contributed by atoms with Crippen molar-refractivity contribution in [2.45, 2.75) is 25.2 Å². The van der Waals surface area contributed by atoms with E-state index in [2.05, 4.69) is 15.2 Å². The number of H-pyrrole nitrogens is 1. The molecule has 0 radical (unpaired) electrons. The van der Waals surface area contributed by atoms with Crippen LogP contribution in [-0.4, -0.2) is 39.1 Å². The lowest BCUT2D eigenvalue weighted by atomic mass is 9.97. The minimum Gasteiger partial charge on any atom is -0.445 e. The number of likely N-dealkylation sites (tertiary alicyclic amines) is 1. The van der Waals surface area contributed by atoms with E-state index in [9.17, 15) is 4.79 Å². The van der Waals surface area contributed by atoms with Crippen molar-refractivity contribution in [1.29, 1.82) is 0 Å². The van der Waals surface area contributed by atoms with E-state index in [0.717, 1.165) is 40.1 Å². The first-order chi connectivity index (χ1) is 14.7. The second-order valence-corrected chi connectivity index (χ2v) is 8.05. The molecule has 0 bridgehead atoms. The van der Waals surface area contributed by atoms with Crippen LogP contribution < -0.4 is 0 Å². The second kappa shape index (κ2) is 7.95. The Morgan fingerprint density at radius 1 is 1.20 bits per heavy atom. The van der Waals surface area contributed by atoms with Gasteiger partial charge in [0.15, 0.2) is 11.6 Å². The van der Waals surface area contributed by atoms with Crippen molar-refractivity contribution < 1.29 is 9.21 Å². The number of carbonyl (C=O) groups is 1. The molecule has 1 atom stereocenters. The Hall–Kier alpha value is -3.12. The summed E-state index contributed by atoms with van der Waals surface area (Å²) in [6.45, 7) is 1.29. The highest BCUT2D eigenvalue weighted by atomic mass is 35.5. The highest BCUT2D eigenvalue weighted by Crippen LogP contribution is 2.29. The molecular weight excluding hydrogens is 400 g/mol. The van der Waals surface area contributed by atoms with Gasteiger partial charge in [0.2, 0.25) is 0 Å². The normalized spacial score (nSPS) is 16.8. The number of benzene rings is 2. The third-order valence-electron chi connectivity index (χ3n) is 5.62. The first-order valence-corrected chi connectivity index (χ1v) is 10.5. The van der Waals surface area contributed by atoms with Gasteiger partial charge in [-0.05, 0) is 30.5 Å². The summed E-state index contributed by atoms with van der Waals surface area (Å²) in [5.74, 6) is 1.48. The van der Waals surface area contributed by atoms with Crippen LogP contribution in [0.3, 0.4) is 0 Å². The van der Waals surface area contributed by atoms with E-state index in [0.29, 0.717) is 31.1 Å². The molecule has 1 saturated heterocycles. The lowest BCUT2D eigenvalue weighted by molar-refractivity contribution is 0.0694. The van der Waals surface area contributed by atoms with Gasteiger partial charge in [-0.2, -0.15) is 5.10 Å². The van der Waals surface area contributed by atoms with Crippen LogP contribution in [0, 0.1) is 0 Å².